The van der Waals surface area contributed by atoms with Crippen LogP contribution in [0, 0.1) is 11.8 Å². The lowest BCUT2D eigenvalue weighted by Gasteiger charge is -2.24. The maximum absolute atomic E-state index is 4.37. The molecule has 0 aromatic heterocycles. The number of hydrogen-bond donors (Lipinski definition) is 0. The molecule has 0 aromatic rings. The van der Waals surface area contributed by atoms with Gasteiger partial charge >= 0.3 is 0 Å². The van der Waals surface area contributed by atoms with Crippen LogP contribution < -0.4 is 0 Å². The first kappa shape index (κ1) is 12.0. The van der Waals surface area contributed by atoms with Gasteiger partial charge in [0.2, 0.25) is 0 Å². The van der Waals surface area contributed by atoms with Crippen LogP contribution in [0.25, 0.3) is 0 Å². The number of aliphatic imine (C=N–C) groups is 1. The van der Waals surface area contributed by atoms with Crippen LogP contribution in [0.15, 0.2) is 40.4 Å². The van der Waals surface area contributed by atoms with Gasteiger partial charge < -0.3 is 0 Å². The molecule has 0 aromatic carbocycles. The van der Waals surface area contributed by atoms with Gasteiger partial charge in [-0.3, -0.25) is 4.99 Å². The Balaban J connectivity index is 3.19. The third-order valence-electron chi connectivity index (χ3n) is 2.82. The van der Waals surface area contributed by atoms with E-state index >= 15 is 0 Å². The molecule has 0 unspecified atom stereocenters. The summed E-state index contributed by atoms with van der Waals surface area (Å²) in [7, 11) is 1.85. The van der Waals surface area contributed by atoms with E-state index in [1.54, 1.807) is 0 Å². The molecule has 0 radical (unpaired) electrons. The molecule has 1 heteroatoms. The predicted molar refractivity (Wildman–Crippen MR) is 68.3 cm³/mol. The summed E-state index contributed by atoms with van der Waals surface area (Å²) in [6, 6.07) is 0. The Labute approximate surface area is 93.3 Å². The van der Waals surface area contributed by atoms with E-state index in [-0.39, 0.29) is 0 Å². The van der Waals surface area contributed by atoms with Crippen molar-refractivity contribution in [2.75, 3.05) is 7.05 Å². The minimum Gasteiger partial charge on any atom is -0.288 e. The fourth-order valence-electron chi connectivity index (χ4n) is 1.94. The third kappa shape index (κ3) is 2.28. The van der Waals surface area contributed by atoms with Crippen molar-refractivity contribution in [2.24, 2.45) is 16.8 Å². The van der Waals surface area contributed by atoms with Gasteiger partial charge in [0, 0.05) is 7.05 Å². The van der Waals surface area contributed by atoms with E-state index in [1.807, 2.05) is 7.05 Å². The minimum atomic E-state index is 0.505. The van der Waals surface area contributed by atoms with Crippen molar-refractivity contribution >= 4 is 5.71 Å². The molecular weight excluding hydrogens is 182 g/mol. The van der Waals surface area contributed by atoms with Crippen LogP contribution in [0.2, 0.25) is 0 Å². The van der Waals surface area contributed by atoms with Crippen LogP contribution in [-0.2, 0) is 0 Å². The van der Waals surface area contributed by atoms with Crippen molar-refractivity contribution < 1.29 is 0 Å². The molecule has 0 atom stereocenters. The molecular formula is C14H21N. The van der Waals surface area contributed by atoms with Crippen LogP contribution in [0.5, 0.6) is 0 Å². The van der Waals surface area contributed by atoms with Crippen molar-refractivity contribution in [3.8, 4) is 0 Å². The zero-order valence-corrected chi connectivity index (χ0v) is 10.5. The van der Waals surface area contributed by atoms with E-state index in [9.17, 15) is 0 Å². The van der Waals surface area contributed by atoms with E-state index in [1.165, 1.54) is 11.1 Å². The van der Waals surface area contributed by atoms with Gasteiger partial charge in [-0.1, -0.05) is 46.4 Å². The van der Waals surface area contributed by atoms with Gasteiger partial charge in [-0.2, -0.15) is 0 Å². The van der Waals surface area contributed by atoms with Gasteiger partial charge in [0.25, 0.3) is 0 Å². The molecule has 15 heavy (non-hydrogen) atoms. The number of nitrogens with zero attached hydrogens (tertiary/aromatic N) is 1. The van der Waals surface area contributed by atoms with Crippen molar-refractivity contribution in [1.82, 2.24) is 0 Å². The van der Waals surface area contributed by atoms with Crippen LogP contribution >= 0.6 is 0 Å². The van der Waals surface area contributed by atoms with Crippen molar-refractivity contribution in [2.45, 2.75) is 27.7 Å². The summed E-state index contributed by atoms with van der Waals surface area (Å²) in [5.74, 6) is 1.02. The zero-order valence-electron chi connectivity index (χ0n) is 10.5. The smallest absolute Gasteiger partial charge is 0.0674 e. The summed E-state index contributed by atoms with van der Waals surface area (Å²) < 4.78 is 0. The Morgan fingerprint density at radius 2 is 1.47 bits per heavy atom. The molecule has 0 fully saturated rings. The molecule has 0 heterocycles. The molecule has 0 N–H and O–H groups in total. The van der Waals surface area contributed by atoms with E-state index in [4.69, 9.17) is 0 Å². The Kier molecular flexibility index (Phi) is 3.67. The highest BCUT2D eigenvalue weighted by Gasteiger charge is 2.21. The molecule has 1 rings (SSSR count). The lowest BCUT2D eigenvalue weighted by atomic mass is 9.82. The lowest BCUT2D eigenvalue weighted by molar-refractivity contribution is 0.771. The molecule has 82 valence electrons. The van der Waals surface area contributed by atoms with Gasteiger partial charge in [-0.25, -0.2) is 0 Å². The Hall–Kier alpha value is -1.11. The van der Waals surface area contributed by atoms with Crippen LogP contribution in [0.4, 0.5) is 0 Å². The van der Waals surface area contributed by atoms with Crippen LogP contribution in [0.3, 0.4) is 0 Å². The van der Waals surface area contributed by atoms with Gasteiger partial charge in [-0.15, -0.1) is 0 Å². The molecule has 0 saturated carbocycles. The standard InChI is InChI=1S/C14H21N/c1-9(2)12-7-8-13(10(3)4)14(15-6)11(12)5/h7-10H,5H2,1-4,6H3. The largest absolute Gasteiger partial charge is 0.288 e. The summed E-state index contributed by atoms with van der Waals surface area (Å²) in [4.78, 5) is 4.37. The normalized spacial score (nSPS) is 19.9. The fourth-order valence-corrected chi connectivity index (χ4v) is 1.94. The highest BCUT2D eigenvalue weighted by molar-refractivity contribution is 6.16. The van der Waals surface area contributed by atoms with Crippen molar-refractivity contribution in [3.63, 3.8) is 0 Å². The zero-order chi connectivity index (χ0) is 11.6. The summed E-state index contributed by atoms with van der Waals surface area (Å²) >= 11 is 0. The number of hydrogen-bond acceptors (Lipinski definition) is 1. The second-order valence-electron chi connectivity index (χ2n) is 4.60. The van der Waals surface area contributed by atoms with Crippen LogP contribution in [0.1, 0.15) is 27.7 Å². The third-order valence-corrected chi connectivity index (χ3v) is 2.82. The molecule has 1 nitrogen and oxygen atoms in total. The Morgan fingerprint density at radius 3 is 1.87 bits per heavy atom. The van der Waals surface area contributed by atoms with Gasteiger partial charge in [0.15, 0.2) is 0 Å². The second kappa shape index (κ2) is 4.61. The monoisotopic (exact) mass is 203 g/mol. The van der Waals surface area contributed by atoms with Gasteiger partial charge in [0.1, 0.15) is 0 Å². The highest BCUT2D eigenvalue weighted by atomic mass is 14.7. The first-order valence-electron chi connectivity index (χ1n) is 5.57. The van der Waals surface area contributed by atoms with E-state index in [0.717, 1.165) is 11.3 Å². The van der Waals surface area contributed by atoms with Gasteiger partial charge in [0.05, 0.1) is 5.71 Å². The van der Waals surface area contributed by atoms with E-state index in [2.05, 4.69) is 51.4 Å². The predicted octanol–water partition coefficient (Wildman–Crippen LogP) is 3.79. The second-order valence-corrected chi connectivity index (χ2v) is 4.60. The average Bonchev–Trinajstić information content (AvgIpc) is 2.16. The summed E-state index contributed by atoms with van der Waals surface area (Å²) in [5, 5.41) is 0. The lowest BCUT2D eigenvalue weighted by Crippen LogP contribution is -2.17. The fraction of sp³-hybridized carbons (Fsp3) is 0.500. The molecule has 0 spiro atoms. The van der Waals surface area contributed by atoms with Crippen LogP contribution in [-0.4, -0.2) is 12.8 Å². The number of rotatable bonds is 2. The topological polar surface area (TPSA) is 12.4 Å². The van der Waals surface area contributed by atoms with Crippen molar-refractivity contribution in [1.29, 1.82) is 0 Å². The van der Waals surface area contributed by atoms with E-state index in [0.29, 0.717) is 11.8 Å². The van der Waals surface area contributed by atoms with Crippen molar-refractivity contribution in [3.05, 3.63) is 35.5 Å². The average molecular weight is 203 g/mol. The first-order valence-corrected chi connectivity index (χ1v) is 5.57. The molecule has 0 aliphatic heterocycles. The summed E-state index contributed by atoms with van der Waals surface area (Å²) in [6.45, 7) is 12.9. The number of allylic oxidation sites excluding steroid dienone is 5. The molecule has 1 aliphatic carbocycles. The maximum atomic E-state index is 4.37. The molecule has 1 aliphatic rings. The Bertz CT molecular complexity index is 352. The summed E-state index contributed by atoms with van der Waals surface area (Å²) in [5.41, 5.74) is 4.78. The maximum Gasteiger partial charge on any atom is 0.0674 e. The van der Waals surface area contributed by atoms with E-state index < -0.39 is 0 Å². The quantitative estimate of drug-likeness (QED) is 0.647. The highest BCUT2D eigenvalue weighted by Crippen LogP contribution is 2.29. The SMILES string of the molecule is C=C1C(C(C)C)=CC=C(C(C)C)C1=NC. The minimum absolute atomic E-state index is 0.505. The Morgan fingerprint density at radius 1 is 1.00 bits per heavy atom. The molecule has 0 saturated heterocycles. The first-order chi connectivity index (χ1) is 6.99. The molecule has 0 amide bonds. The van der Waals surface area contributed by atoms with Gasteiger partial charge in [-0.05, 0) is 28.6 Å². The summed E-state index contributed by atoms with van der Waals surface area (Å²) in [6.07, 6.45) is 4.38. The molecule has 0 bridgehead atoms.